The Morgan fingerprint density at radius 2 is 2.04 bits per heavy atom. The molecule has 7 heteroatoms. The van der Waals surface area contributed by atoms with Crippen LogP contribution in [-0.2, 0) is 4.74 Å². The minimum Gasteiger partial charge on any atom is -0.422 e. The van der Waals surface area contributed by atoms with Crippen LogP contribution in [-0.4, -0.2) is 21.2 Å². The van der Waals surface area contributed by atoms with Crippen molar-refractivity contribution in [1.82, 2.24) is 15.2 Å². The highest BCUT2D eigenvalue weighted by atomic mass is 32.1. The van der Waals surface area contributed by atoms with E-state index < -0.39 is 5.97 Å². The van der Waals surface area contributed by atoms with Gasteiger partial charge < -0.3 is 9.72 Å². The minimum absolute atomic E-state index is 0.313. The number of aromatic amines is 2. The van der Waals surface area contributed by atoms with Gasteiger partial charge in [0.1, 0.15) is 21.8 Å². The maximum absolute atomic E-state index is 13.1. The van der Waals surface area contributed by atoms with Crippen LogP contribution in [0.15, 0.2) is 36.5 Å². The van der Waals surface area contributed by atoms with Gasteiger partial charge in [-0.05, 0) is 43.3 Å². The predicted molar refractivity (Wildman–Crippen MR) is 93.6 cm³/mol. The average Bonchev–Trinajstić information content (AvgIpc) is 3.14. The lowest BCUT2D eigenvalue weighted by Gasteiger charge is -2.02. The van der Waals surface area contributed by atoms with Crippen LogP contribution in [0.3, 0.4) is 0 Å². The second-order valence-electron chi connectivity index (χ2n) is 5.68. The Labute approximate surface area is 147 Å². The van der Waals surface area contributed by atoms with E-state index >= 15 is 0 Å². The molecule has 2 aromatic heterocycles. The van der Waals surface area contributed by atoms with E-state index in [0.29, 0.717) is 27.2 Å². The zero-order valence-electron chi connectivity index (χ0n) is 13.1. The number of aryl methyl sites for hydroxylation is 1. The number of nitrogens with zero attached hydrogens (tertiary/aromatic N) is 1. The number of cyclic esters (lactones) is 1. The molecule has 4 rings (SSSR count). The number of rotatable bonds is 2. The lowest BCUT2D eigenvalue weighted by Crippen LogP contribution is -1.97. The summed E-state index contributed by atoms with van der Waals surface area (Å²) in [7, 11) is 0. The van der Waals surface area contributed by atoms with E-state index in [9.17, 15) is 9.18 Å². The smallest absolute Gasteiger partial charge is 0.347 e. The van der Waals surface area contributed by atoms with Gasteiger partial charge in [-0.1, -0.05) is 12.2 Å². The van der Waals surface area contributed by atoms with Gasteiger partial charge >= 0.3 is 5.97 Å². The average molecular weight is 353 g/mol. The maximum Gasteiger partial charge on any atom is 0.347 e. The van der Waals surface area contributed by atoms with Crippen LogP contribution in [0.1, 0.15) is 27.2 Å². The monoisotopic (exact) mass is 353 g/mol. The highest BCUT2D eigenvalue weighted by molar-refractivity contribution is 7.71. The molecule has 3 aromatic rings. The normalized spacial score (nSPS) is 14.6. The summed E-state index contributed by atoms with van der Waals surface area (Å²) in [5.41, 5.74) is 4.04. The first-order chi connectivity index (χ1) is 12.0. The molecule has 0 atom stereocenters. The van der Waals surface area contributed by atoms with Crippen molar-refractivity contribution < 1.29 is 13.9 Å². The Morgan fingerprint density at radius 3 is 2.80 bits per heavy atom. The predicted octanol–water partition coefficient (Wildman–Crippen LogP) is 4.25. The molecule has 0 amide bonds. The van der Waals surface area contributed by atoms with Crippen LogP contribution < -0.4 is 0 Å². The van der Waals surface area contributed by atoms with E-state index in [-0.39, 0.29) is 5.82 Å². The number of esters is 1. The van der Waals surface area contributed by atoms with Gasteiger partial charge in [0.2, 0.25) is 0 Å². The molecule has 1 aliphatic rings. The van der Waals surface area contributed by atoms with Crippen molar-refractivity contribution in [3.05, 3.63) is 69.4 Å². The molecule has 3 heterocycles. The number of nitrogens with one attached hydrogen (secondary N) is 2. The highest BCUT2D eigenvalue weighted by Gasteiger charge is 2.28. The van der Waals surface area contributed by atoms with Gasteiger partial charge in [0, 0.05) is 22.4 Å². The second-order valence-corrected chi connectivity index (χ2v) is 6.08. The van der Waals surface area contributed by atoms with Crippen molar-refractivity contribution in [2.45, 2.75) is 6.92 Å². The summed E-state index contributed by atoms with van der Waals surface area (Å²) >= 11 is 5.22. The molecule has 0 radical (unpaired) electrons. The van der Waals surface area contributed by atoms with Gasteiger partial charge in [0.15, 0.2) is 0 Å². The van der Waals surface area contributed by atoms with E-state index in [1.54, 1.807) is 24.4 Å². The maximum atomic E-state index is 13.1. The summed E-state index contributed by atoms with van der Waals surface area (Å²) < 4.78 is 18.9. The van der Waals surface area contributed by atoms with E-state index in [2.05, 4.69) is 15.2 Å². The lowest BCUT2D eigenvalue weighted by molar-refractivity contribution is 0.0716. The number of benzene rings is 1. The van der Waals surface area contributed by atoms with Gasteiger partial charge in [-0.2, -0.15) is 5.10 Å². The number of ether oxygens (including phenoxy) is 1. The van der Waals surface area contributed by atoms with Crippen molar-refractivity contribution in [2.24, 2.45) is 0 Å². The molecule has 0 unspecified atom stereocenters. The van der Waals surface area contributed by atoms with Crippen molar-refractivity contribution >= 4 is 30.0 Å². The number of aromatic nitrogens is 3. The first kappa shape index (κ1) is 15.5. The van der Waals surface area contributed by atoms with Crippen LogP contribution in [0.2, 0.25) is 0 Å². The second kappa shape index (κ2) is 5.78. The fraction of sp³-hybridized carbons (Fsp3) is 0.0556. The third-order valence-corrected chi connectivity index (χ3v) is 4.23. The number of H-pyrrole nitrogens is 2. The van der Waals surface area contributed by atoms with Crippen LogP contribution in [0.4, 0.5) is 4.39 Å². The van der Waals surface area contributed by atoms with E-state index in [1.165, 1.54) is 12.1 Å². The van der Waals surface area contributed by atoms with Crippen LogP contribution >= 0.6 is 12.2 Å². The summed E-state index contributed by atoms with van der Waals surface area (Å²) in [6.45, 7) is 1.86. The minimum atomic E-state index is -0.477. The fourth-order valence-electron chi connectivity index (χ4n) is 2.79. The molecule has 0 saturated heterocycles. The van der Waals surface area contributed by atoms with E-state index in [4.69, 9.17) is 17.0 Å². The number of fused-ring (bicyclic) bond motifs is 1. The summed E-state index contributed by atoms with van der Waals surface area (Å²) in [5.74, 6) is -0.381. The first-order valence-corrected chi connectivity index (χ1v) is 7.91. The van der Waals surface area contributed by atoms with Gasteiger partial charge in [-0.3, -0.25) is 5.10 Å². The van der Waals surface area contributed by atoms with Gasteiger partial charge in [0.05, 0.1) is 11.9 Å². The van der Waals surface area contributed by atoms with Gasteiger partial charge in [-0.25, -0.2) is 9.18 Å². The molecular weight excluding hydrogens is 341 g/mol. The highest BCUT2D eigenvalue weighted by Crippen LogP contribution is 2.33. The summed E-state index contributed by atoms with van der Waals surface area (Å²) in [6, 6.07) is 7.88. The standard InChI is InChI=1S/C18H12FN3O2S/c1-9-6-13-14(24-18(23)15(13)17(25)21-9)7-11-8-20-22-16(11)10-2-4-12(19)5-3-10/h2-8H,1H3,(H,20,22)(H,21,25)/b14-7-. The third-order valence-electron chi connectivity index (χ3n) is 3.93. The molecule has 0 aliphatic carbocycles. The van der Waals surface area contributed by atoms with Crippen LogP contribution in [0.25, 0.3) is 23.1 Å². The summed E-state index contributed by atoms with van der Waals surface area (Å²) in [6.07, 6.45) is 3.34. The Balaban J connectivity index is 1.83. The Bertz CT molecular complexity index is 1080. The molecule has 0 spiro atoms. The van der Waals surface area contributed by atoms with Crippen molar-refractivity contribution in [3.63, 3.8) is 0 Å². The first-order valence-electron chi connectivity index (χ1n) is 7.50. The molecule has 5 nitrogen and oxygen atoms in total. The van der Waals surface area contributed by atoms with Crippen molar-refractivity contribution in [1.29, 1.82) is 0 Å². The largest absolute Gasteiger partial charge is 0.422 e. The number of hydrogen-bond donors (Lipinski definition) is 2. The van der Waals surface area contributed by atoms with E-state index in [1.807, 2.05) is 13.0 Å². The number of carbonyl (C=O) groups excluding carboxylic acids is 1. The molecule has 25 heavy (non-hydrogen) atoms. The Morgan fingerprint density at radius 1 is 1.28 bits per heavy atom. The quantitative estimate of drug-likeness (QED) is 0.534. The molecule has 0 saturated carbocycles. The summed E-state index contributed by atoms with van der Waals surface area (Å²) in [4.78, 5) is 15.1. The van der Waals surface area contributed by atoms with E-state index in [0.717, 1.165) is 16.8 Å². The molecule has 2 N–H and O–H groups in total. The lowest BCUT2D eigenvalue weighted by atomic mass is 10.0. The fourth-order valence-corrected chi connectivity index (χ4v) is 3.15. The molecule has 1 aromatic carbocycles. The van der Waals surface area contributed by atoms with Gasteiger partial charge in [0.25, 0.3) is 0 Å². The number of carbonyl (C=O) groups is 1. The molecule has 0 bridgehead atoms. The zero-order chi connectivity index (χ0) is 17.6. The molecule has 0 fully saturated rings. The summed E-state index contributed by atoms with van der Waals surface area (Å²) in [5, 5.41) is 6.93. The Kier molecular flexibility index (Phi) is 3.58. The van der Waals surface area contributed by atoms with Gasteiger partial charge in [-0.15, -0.1) is 0 Å². The molecule has 124 valence electrons. The Hall–Kier alpha value is -3.06. The zero-order valence-corrected chi connectivity index (χ0v) is 13.9. The van der Waals surface area contributed by atoms with Crippen LogP contribution in [0.5, 0.6) is 0 Å². The van der Waals surface area contributed by atoms with Crippen molar-refractivity contribution in [3.8, 4) is 11.3 Å². The third kappa shape index (κ3) is 2.68. The number of pyridine rings is 1. The SMILES string of the molecule is Cc1cc2c(c(=S)[nH]1)C(=O)O/C2=C\c1cn[nH]c1-c1ccc(F)cc1. The molecule has 1 aliphatic heterocycles. The number of halogens is 1. The number of hydrogen-bond acceptors (Lipinski definition) is 4. The molecular formula is C18H12FN3O2S. The van der Waals surface area contributed by atoms with Crippen molar-refractivity contribution in [2.75, 3.05) is 0 Å². The topological polar surface area (TPSA) is 70.8 Å². The van der Waals surface area contributed by atoms with Crippen LogP contribution in [0, 0.1) is 17.4 Å².